The average molecular weight is 253 g/mol. The number of aromatic nitrogens is 2. The zero-order valence-electron chi connectivity index (χ0n) is 11.0. The first-order chi connectivity index (χ1) is 8.41. The fourth-order valence-corrected chi connectivity index (χ4v) is 1.67. The van der Waals surface area contributed by atoms with Gasteiger partial charge in [0.2, 0.25) is 0 Å². The Kier molecular flexibility index (Phi) is 4.88. The molecule has 1 aromatic heterocycles. The lowest BCUT2D eigenvalue weighted by atomic mass is 10.2. The van der Waals surface area contributed by atoms with Gasteiger partial charge in [0.15, 0.2) is 0 Å². The molecular weight excluding hydrogens is 234 g/mol. The van der Waals surface area contributed by atoms with Crippen LogP contribution in [0.4, 0.5) is 0 Å². The Bertz CT molecular complexity index is 426. The van der Waals surface area contributed by atoms with Crippen molar-refractivity contribution in [2.75, 3.05) is 6.54 Å². The van der Waals surface area contributed by atoms with Crippen LogP contribution in [0.5, 0.6) is 0 Å². The molecule has 0 radical (unpaired) electrons. The normalized spacial score (nSPS) is 10.7. The lowest BCUT2D eigenvalue weighted by Crippen LogP contribution is -2.38. The maximum absolute atomic E-state index is 12.2. The number of aryl methyl sites for hydroxylation is 1. The van der Waals surface area contributed by atoms with Crippen molar-refractivity contribution in [1.82, 2.24) is 14.7 Å². The van der Waals surface area contributed by atoms with Crippen LogP contribution in [-0.4, -0.2) is 44.3 Å². The highest BCUT2D eigenvalue weighted by Crippen LogP contribution is 2.08. The van der Waals surface area contributed by atoms with E-state index in [0.717, 1.165) is 0 Å². The Balaban J connectivity index is 2.67. The number of rotatable bonds is 6. The van der Waals surface area contributed by atoms with E-state index >= 15 is 0 Å². The molecule has 0 aliphatic rings. The molecule has 1 N–H and O–H groups in total. The minimum atomic E-state index is -0.844. The summed E-state index contributed by atoms with van der Waals surface area (Å²) in [6, 6.07) is 1.68. The number of carboxylic acids is 1. The summed E-state index contributed by atoms with van der Waals surface area (Å²) in [4.78, 5) is 24.3. The van der Waals surface area contributed by atoms with Gasteiger partial charge in [-0.05, 0) is 26.3 Å². The van der Waals surface area contributed by atoms with Crippen molar-refractivity contribution in [2.45, 2.75) is 32.7 Å². The Morgan fingerprint density at radius 3 is 2.61 bits per heavy atom. The molecule has 0 saturated heterocycles. The quantitative estimate of drug-likeness (QED) is 0.824. The molecule has 0 aliphatic carbocycles. The van der Waals surface area contributed by atoms with Gasteiger partial charge in [-0.2, -0.15) is 5.10 Å². The molecule has 1 aromatic rings. The van der Waals surface area contributed by atoms with Gasteiger partial charge < -0.3 is 10.0 Å². The summed E-state index contributed by atoms with van der Waals surface area (Å²) in [7, 11) is 1.75. The smallest absolute Gasteiger partial charge is 0.303 e. The van der Waals surface area contributed by atoms with Crippen LogP contribution in [0, 0.1) is 0 Å². The fraction of sp³-hybridized carbons (Fsp3) is 0.583. The predicted octanol–water partition coefficient (Wildman–Crippen LogP) is 1.14. The molecule has 0 spiro atoms. The van der Waals surface area contributed by atoms with Gasteiger partial charge in [-0.3, -0.25) is 14.3 Å². The number of carboxylic acid groups (broad SMARTS) is 1. The van der Waals surface area contributed by atoms with Crippen LogP contribution >= 0.6 is 0 Å². The van der Waals surface area contributed by atoms with E-state index in [1.54, 1.807) is 28.9 Å². The summed E-state index contributed by atoms with van der Waals surface area (Å²) in [5, 5.41) is 12.7. The van der Waals surface area contributed by atoms with Gasteiger partial charge in [0.1, 0.15) is 5.69 Å². The zero-order chi connectivity index (χ0) is 13.7. The average Bonchev–Trinajstić information content (AvgIpc) is 2.69. The van der Waals surface area contributed by atoms with Gasteiger partial charge in [0.25, 0.3) is 5.91 Å². The Morgan fingerprint density at radius 1 is 1.50 bits per heavy atom. The molecule has 0 bridgehead atoms. The number of amides is 1. The first-order valence-corrected chi connectivity index (χ1v) is 5.94. The van der Waals surface area contributed by atoms with Crippen LogP contribution in [0.15, 0.2) is 12.3 Å². The molecule has 0 unspecified atom stereocenters. The fourth-order valence-electron chi connectivity index (χ4n) is 1.67. The second-order valence-electron chi connectivity index (χ2n) is 4.46. The molecule has 100 valence electrons. The Hall–Kier alpha value is -1.85. The van der Waals surface area contributed by atoms with Crippen LogP contribution in [0.2, 0.25) is 0 Å². The summed E-state index contributed by atoms with van der Waals surface area (Å²) in [5.74, 6) is -1.00. The molecule has 1 rings (SSSR count). The van der Waals surface area contributed by atoms with Gasteiger partial charge in [-0.15, -0.1) is 0 Å². The largest absolute Gasteiger partial charge is 0.481 e. The van der Waals surface area contributed by atoms with E-state index in [1.807, 2.05) is 13.8 Å². The van der Waals surface area contributed by atoms with Crippen molar-refractivity contribution in [3.8, 4) is 0 Å². The van der Waals surface area contributed by atoms with E-state index in [9.17, 15) is 9.59 Å². The molecule has 0 aromatic carbocycles. The first-order valence-electron chi connectivity index (χ1n) is 5.94. The van der Waals surface area contributed by atoms with Crippen molar-refractivity contribution in [2.24, 2.45) is 7.05 Å². The van der Waals surface area contributed by atoms with Crippen LogP contribution in [-0.2, 0) is 11.8 Å². The van der Waals surface area contributed by atoms with E-state index in [2.05, 4.69) is 5.10 Å². The highest BCUT2D eigenvalue weighted by Gasteiger charge is 2.20. The number of nitrogens with zero attached hydrogens (tertiary/aromatic N) is 3. The van der Waals surface area contributed by atoms with E-state index in [-0.39, 0.29) is 18.4 Å². The van der Waals surface area contributed by atoms with Crippen molar-refractivity contribution in [1.29, 1.82) is 0 Å². The Labute approximate surface area is 106 Å². The van der Waals surface area contributed by atoms with Gasteiger partial charge in [0, 0.05) is 32.3 Å². The summed E-state index contributed by atoms with van der Waals surface area (Å²) in [6.07, 6.45) is 2.23. The molecular formula is C12H19N3O3. The van der Waals surface area contributed by atoms with E-state index in [1.165, 1.54) is 0 Å². The third kappa shape index (κ3) is 3.87. The number of hydrogen-bond donors (Lipinski definition) is 1. The number of hydrogen-bond acceptors (Lipinski definition) is 3. The highest BCUT2D eigenvalue weighted by atomic mass is 16.4. The lowest BCUT2D eigenvalue weighted by Gasteiger charge is -2.25. The number of aliphatic carboxylic acids is 1. The van der Waals surface area contributed by atoms with Gasteiger partial charge in [-0.25, -0.2) is 0 Å². The standard InChI is InChI=1S/C12H19N3O3/c1-9(2)15(7-4-5-11(16)17)12(18)10-6-8-14(3)13-10/h6,8-9H,4-5,7H2,1-3H3,(H,16,17). The molecule has 0 atom stereocenters. The predicted molar refractivity (Wildman–Crippen MR) is 66.3 cm³/mol. The highest BCUT2D eigenvalue weighted by molar-refractivity contribution is 5.92. The van der Waals surface area contributed by atoms with Crippen LogP contribution in [0.25, 0.3) is 0 Å². The van der Waals surface area contributed by atoms with Crippen molar-refractivity contribution >= 4 is 11.9 Å². The minimum absolute atomic E-state index is 0.0216. The molecule has 6 heteroatoms. The first kappa shape index (κ1) is 14.2. The molecule has 0 saturated carbocycles. The van der Waals surface area contributed by atoms with Crippen molar-refractivity contribution < 1.29 is 14.7 Å². The number of carbonyl (C=O) groups excluding carboxylic acids is 1. The van der Waals surface area contributed by atoms with Gasteiger partial charge >= 0.3 is 5.97 Å². The molecule has 1 amide bonds. The van der Waals surface area contributed by atoms with Crippen molar-refractivity contribution in [3.63, 3.8) is 0 Å². The summed E-state index contributed by atoms with van der Waals surface area (Å²) >= 11 is 0. The second-order valence-corrected chi connectivity index (χ2v) is 4.46. The topological polar surface area (TPSA) is 75.4 Å². The monoisotopic (exact) mass is 253 g/mol. The summed E-state index contributed by atoms with van der Waals surface area (Å²) in [5.41, 5.74) is 0.390. The SMILES string of the molecule is CC(C)N(CCCC(=O)O)C(=O)c1ccn(C)n1. The zero-order valence-corrected chi connectivity index (χ0v) is 11.0. The minimum Gasteiger partial charge on any atom is -0.481 e. The van der Waals surface area contributed by atoms with E-state index in [4.69, 9.17) is 5.11 Å². The second kappa shape index (κ2) is 6.18. The van der Waals surface area contributed by atoms with Crippen molar-refractivity contribution in [3.05, 3.63) is 18.0 Å². The maximum atomic E-state index is 12.2. The summed E-state index contributed by atoms with van der Waals surface area (Å²) in [6.45, 7) is 4.24. The maximum Gasteiger partial charge on any atom is 0.303 e. The van der Waals surface area contributed by atoms with Crippen LogP contribution in [0.1, 0.15) is 37.2 Å². The molecule has 0 aliphatic heterocycles. The summed E-state index contributed by atoms with van der Waals surface area (Å²) < 4.78 is 1.57. The Morgan fingerprint density at radius 2 is 2.17 bits per heavy atom. The van der Waals surface area contributed by atoms with E-state index < -0.39 is 5.97 Å². The molecule has 1 heterocycles. The molecule has 6 nitrogen and oxygen atoms in total. The molecule has 0 fully saturated rings. The third-order valence-corrected chi connectivity index (χ3v) is 2.61. The number of carbonyl (C=O) groups is 2. The van der Waals surface area contributed by atoms with Gasteiger partial charge in [-0.1, -0.05) is 0 Å². The van der Waals surface area contributed by atoms with Crippen LogP contribution < -0.4 is 0 Å². The van der Waals surface area contributed by atoms with Gasteiger partial charge in [0.05, 0.1) is 0 Å². The lowest BCUT2D eigenvalue weighted by molar-refractivity contribution is -0.137. The van der Waals surface area contributed by atoms with E-state index in [0.29, 0.717) is 18.7 Å². The molecule has 18 heavy (non-hydrogen) atoms. The van der Waals surface area contributed by atoms with Crippen LogP contribution in [0.3, 0.4) is 0 Å². The third-order valence-electron chi connectivity index (χ3n) is 2.61.